The van der Waals surface area contributed by atoms with Crippen LogP contribution >= 0.6 is 0 Å². The summed E-state index contributed by atoms with van der Waals surface area (Å²) in [5.41, 5.74) is 3.66. The summed E-state index contributed by atoms with van der Waals surface area (Å²) in [5, 5.41) is 6.90. The van der Waals surface area contributed by atoms with Crippen LogP contribution in [0.1, 0.15) is 56.6 Å². The topological polar surface area (TPSA) is 41.1 Å². The van der Waals surface area contributed by atoms with Crippen molar-refractivity contribution < 1.29 is 4.79 Å². The maximum Gasteiger partial charge on any atom is 0.242 e. The first kappa shape index (κ1) is 16.0. The minimum atomic E-state index is -0.196. The molecule has 4 aliphatic carbocycles. The lowest BCUT2D eigenvalue weighted by Crippen LogP contribution is -2.61. The number of nitrogens with one attached hydrogen (secondary N) is 2. The quantitative estimate of drug-likeness (QED) is 0.871. The molecule has 0 saturated heterocycles. The van der Waals surface area contributed by atoms with Gasteiger partial charge in [-0.05, 0) is 94.2 Å². The van der Waals surface area contributed by atoms with Gasteiger partial charge in [0.25, 0.3) is 0 Å². The van der Waals surface area contributed by atoms with Crippen molar-refractivity contribution in [2.24, 2.45) is 17.8 Å². The van der Waals surface area contributed by atoms with Crippen molar-refractivity contribution in [1.82, 2.24) is 5.32 Å². The Kier molecular flexibility index (Phi) is 3.85. The molecule has 0 spiro atoms. The molecule has 0 unspecified atom stereocenters. The second-order valence-electron chi connectivity index (χ2n) is 8.80. The number of amides is 1. The highest BCUT2D eigenvalue weighted by atomic mass is 16.2. The van der Waals surface area contributed by atoms with E-state index in [1.165, 1.54) is 49.7 Å². The lowest BCUT2D eigenvalue weighted by Gasteiger charge is -2.57. The van der Waals surface area contributed by atoms with Crippen molar-refractivity contribution in [3.63, 3.8) is 0 Å². The van der Waals surface area contributed by atoms with Gasteiger partial charge in [-0.2, -0.15) is 0 Å². The molecular weight excluding hydrogens is 296 g/mol. The summed E-state index contributed by atoms with van der Waals surface area (Å²) >= 11 is 0. The molecule has 0 heterocycles. The number of benzene rings is 1. The molecule has 0 aromatic heterocycles. The summed E-state index contributed by atoms with van der Waals surface area (Å²) in [6.45, 7) is 6.21. The normalized spacial score (nSPS) is 34.9. The Balaban J connectivity index is 1.43. The van der Waals surface area contributed by atoms with E-state index in [2.05, 4.69) is 36.6 Å². The number of hydrogen-bond donors (Lipinski definition) is 2. The zero-order chi connectivity index (χ0) is 16.9. The summed E-state index contributed by atoms with van der Waals surface area (Å²) < 4.78 is 0. The van der Waals surface area contributed by atoms with Crippen LogP contribution in [0.4, 0.5) is 5.69 Å². The van der Waals surface area contributed by atoms with Crippen molar-refractivity contribution in [3.05, 3.63) is 29.3 Å². The van der Waals surface area contributed by atoms with Crippen LogP contribution in [0.15, 0.2) is 18.2 Å². The SMILES string of the molecule is Cc1cccc(N[C@@H](C)C(=O)NC23CC4CC(CC(C4)C2)C3)c1C. The lowest BCUT2D eigenvalue weighted by molar-refractivity contribution is -0.127. The van der Waals surface area contributed by atoms with Crippen molar-refractivity contribution in [3.8, 4) is 0 Å². The van der Waals surface area contributed by atoms with E-state index >= 15 is 0 Å². The predicted octanol–water partition coefficient (Wildman–Crippen LogP) is 4.19. The second-order valence-corrected chi connectivity index (χ2v) is 8.80. The molecule has 4 bridgehead atoms. The van der Waals surface area contributed by atoms with Gasteiger partial charge in [-0.3, -0.25) is 4.79 Å². The Morgan fingerprint density at radius 2 is 1.67 bits per heavy atom. The number of carbonyl (C=O) groups is 1. The van der Waals surface area contributed by atoms with Crippen molar-refractivity contribution in [2.45, 2.75) is 70.9 Å². The van der Waals surface area contributed by atoms with Crippen LogP contribution in [0.3, 0.4) is 0 Å². The van der Waals surface area contributed by atoms with E-state index in [9.17, 15) is 4.79 Å². The van der Waals surface area contributed by atoms with Gasteiger partial charge in [-0.25, -0.2) is 0 Å². The molecule has 0 aliphatic heterocycles. The van der Waals surface area contributed by atoms with Crippen molar-refractivity contribution in [2.75, 3.05) is 5.32 Å². The van der Waals surface area contributed by atoms with E-state index in [1.54, 1.807) is 0 Å². The Labute approximate surface area is 145 Å². The highest BCUT2D eigenvalue weighted by Crippen LogP contribution is 2.55. The van der Waals surface area contributed by atoms with Gasteiger partial charge in [0.2, 0.25) is 5.91 Å². The largest absolute Gasteiger partial charge is 0.374 e. The number of carbonyl (C=O) groups excluding carboxylic acids is 1. The number of rotatable bonds is 4. The van der Waals surface area contributed by atoms with Gasteiger partial charge in [0, 0.05) is 11.2 Å². The number of anilines is 1. The molecule has 4 aliphatic rings. The van der Waals surface area contributed by atoms with Crippen LogP contribution in [-0.4, -0.2) is 17.5 Å². The van der Waals surface area contributed by atoms with Crippen LogP contribution in [0, 0.1) is 31.6 Å². The van der Waals surface area contributed by atoms with Crippen LogP contribution in [0.25, 0.3) is 0 Å². The van der Waals surface area contributed by atoms with Crippen molar-refractivity contribution in [1.29, 1.82) is 0 Å². The molecule has 1 amide bonds. The standard InChI is InChI=1S/C21H30N2O/c1-13-5-4-6-19(14(13)2)22-15(3)20(24)23-21-10-16-7-17(11-21)9-18(8-16)12-21/h4-6,15-18,22H,7-12H2,1-3H3,(H,23,24)/t15-,16?,17?,18?,21?/m0/s1. The highest BCUT2D eigenvalue weighted by molar-refractivity contribution is 5.85. The van der Waals surface area contributed by atoms with E-state index in [0.717, 1.165) is 23.4 Å². The fraction of sp³-hybridized carbons (Fsp3) is 0.667. The van der Waals surface area contributed by atoms with Crippen LogP contribution in [-0.2, 0) is 4.79 Å². The summed E-state index contributed by atoms with van der Waals surface area (Å²) in [7, 11) is 0. The van der Waals surface area contributed by atoms with E-state index in [1.807, 2.05) is 13.0 Å². The predicted molar refractivity (Wildman–Crippen MR) is 98.0 cm³/mol. The maximum atomic E-state index is 12.9. The molecule has 2 N–H and O–H groups in total. The molecule has 3 nitrogen and oxygen atoms in total. The molecular formula is C21H30N2O. The summed E-state index contributed by atoms with van der Waals surface area (Å²) in [6.07, 6.45) is 7.85. The monoisotopic (exact) mass is 326 g/mol. The van der Waals surface area contributed by atoms with E-state index in [4.69, 9.17) is 0 Å². The Bertz CT molecular complexity index is 616. The van der Waals surface area contributed by atoms with Crippen LogP contribution in [0.2, 0.25) is 0 Å². The zero-order valence-corrected chi connectivity index (χ0v) is 15.2. The summed E-state index contributed by atoms with van der Waals surface area (Å²) in [5.74, 6) is 2.74. The van der Waals surface area contributed by atoms with Gasteiger partial charge in [0.1, 0.15) is 6.04 Å². The smallest absolute Gasteiger partial charge is 0.242 e. The molecule has 1 aromatic carbocycles. The Morgan fingerprint density at radius 3 is 2.25 bits per heavy atom. The lowest BCUT2D eigenvalue weighted by atomic mass is 9.53. The molecule has 4 fully saturated rings. The van der Waals surface area contributed by atoms with Gasteiger partial charge < -0.3 is 10.6 Å². The first-order valence-electron chi connectivity index (χ1n) is 9.59. The highest BCUT2D eigenvalue weighted by Gasteiger charge is 2.51. The second kappa shape index (κ2) is 5.79. The molecule has 5 rings (SSSR count). The molecule has 3 heteroatoms. The Morgan fingerprint density at radius 1 is 1.08 bits per heavy atom. The summed E-state index contributed by atoms with van der Waals surface area (Å²) in [4.78, 5) is 12.9. The molecule has 24 heavy (non-hydrogen) atoms. The molecule has 4 saturated carbocycles. The minimum Gasteiger partial charge on any atom is -0.374 e. The summed E-state index contributed by atoms with van der Waals surface area (Å²) in [6, 6.07) is 6.03. The maximum absolute atomic E-state index is 12.9. The van der Waals surface area contributed by atoms with E-state index in [0.29, 0.717) is 0 Å². The van der Waals surface area contributed by atoms with Crippen molar-refractivity contribution >= 4 is 11.6 Å². The van der Waals surface area contributed by atoms with Gasteiger partial charge in [0.05, 0.1) is 0 Å². The average Bonchev–Trinajstić information content (AvgIpc) is 2.50. The third kappa shape index (κ3) is 2.82. The minimum absolute atomic E-state index is 0.101. The third-order valence-corrected chi connectivity index (χ3v) is 6.80. The van der Waals surface area contributed by atoms with Crippen LogP contribution < -0.4 is 10.6 Å². The van der Waals surface area contributed by atoms with Gasteiger partial charge in [-0.1, -0.05) is 12.1 Å². The fourth-order valence-electron chi connectivity index (χ4n) is 5.84. The molecule has 1 aromatic rings. The average molecular weight is 326 g/mol. The first-order valence-corrected chi connectivity index (χ1v) is 9.59. The molecule has 1 atom stereocenters. The number of hydrogen-bond acceptors (Lipinski definition) is 2. The number of aryl methyl sites for hydroxylation is 1. The van der Waals surface area contributed by atoms with Gasteiger partial charge >= 0.3 is 0 Å². The van der Waals surface area contributed by atoms with E-state index in [-0.39, 0.29) is 17.5 Å². The Hall–Kier alpha value is -1.51. The molecule has 0 radical (unpaired) electrons. The van der Waals surface area contributed by atoms with Gasteiger partial charge in [0.15, 0.2) is 0 Å². The van der Waals surface area contributed by atoms with E-state index < -0.39 is 0 Å². The fourth-order valence-corrected chi connectivity index (χ4v) is 5.84. The molecule has 130 valence electrons. The zero-order valence-electron chi connectivity index (χ0n) is 15.2. The van der Waals surface area contributed by atoms with Crippen LogP contribution in [0.5, 0.6) is 0 Å². The third-order valence-electron chi connectivity index (χ3n) is 6.80. The van der Waals surface area contributed by atoms with Gasteiger partial charge in [-0.15, -0.1) is 0 Å². The first-order chi connectivity index (χ1) is 11.4.